The van der Waals surface area contributed by atoms with Crippen molar-refractivity contribution in [1.29, 1.82) is 0 Å². The number of carbonyl (C=O) groups is 1. The molecule has 2 aromatic carbocycles. The van der Waals surface area contributed by atoms with E-state index in [0.29, 0.717) is 6.42 Å². The summed E-state index contributed by atoms with van der Waals surface area (Å²) in [5.74, 6) is -0.609. The van der Waals surface area contributed by atoms with Crippen LogP contribution in [-0.4, -0.2) is 5.78 Å². The van der Waals surface area contributed by atoms with Crippen molar-refractivity contribution in [1.82, 2.24) is 5.32 Å². The lowest BCUT2D eigenvalue weighted by atomic mass is 9.75. The summed E-state index contributed by atoms with van der Waals surface area (Å²) in [5, 5.41) is 3.45. The molecule has 1 N–H and O–H groups in total. The lowest BCUT2D eigenvalue weighted by molar-refractivity contribution is -0.128. The van der Waals surface area contributed by atoms with Crippen molar-refractivity contribution in [3.63, 3.8) is 0 Å². The molecule has 0 aromatic heterocycles. The number of rotatable bonds is 3. The topological polar surface area (TPSA) is 29.1 Å². The summed E-state index contributed by atoms with van der Waals surface area (Å²) >= 11 is 0. The van der Waals surface area contributed by atoms with Crippen LogP contribution in [-0.2, 0) is 4.79 Å². The fourth-order valence-corrected chi connectivity index (χ4v) is 3.60. The van der Waals surface area contributed by atoms with Crippen LogP contribution in [0.1, 0.15) is 43.5 Å². The van der Waals surface area contributed by atoms with Gasteiger partial charge in [-0.15, -0.1) is 0 Å². The maximum Gasteiger partial charge on any atom is 0.140 e. The summed E-state index contributed by atoms with van der Waals surface area (Å²) < 4.78 is 27.2. The van der Waals surface area contributed by atoms with Crippen molar-refractivity contribution in [3.05, 3.63) is 71.3 Å². The van der Waals surface area contributed by atoms with E-state index in [9.17, 15) is 13.6 Å². The van der Waals surface area contributed by atoms with Crippen LogP contribution in [0.2, 0.25) is 0 Å². The molecule has 2 aromatic rings. The van der Waals surface area contributed by atoms with Gasteiger partial charge >= 0.3 is 0 Å². The molecule has 0 bridgehead atoms. The first kappa shape index (κ1) is 16.8. The smallest absolute Gasteiger partial charge is 0.140 e. The molecule has 0 spiro atoms. The average Bonchev–Trinajstić information content (AvgIpc) is 2.53. The third-order valence-electron chi connectivity index (χ3n) is 4.69. The van der Waals surface area contributed by atoms with Crippen LogP contribution < -0.4 is 5.32 Å². The van der Waals surface area contributed by atoms with Crippen LogP contribution in [0, 0.1) is 23.5 Å². The van der Waals surface area contributed by atoms with E-state index in [1.165, 1.54) is 24.3 Å². The molecule has 1 fully saturated rings. The maximum absolute atomic E-state index is 13.7. The minimum atomic E-state index is -0.324. The van der Waals surface area contributed by atoms with Crippen molar-refractivity contribution in [3.8, 4) is 0 Å². The van der Waals surface area contributed by atoms with Gasteiger partial charge in [-0.2, -0.15) is 0 Å². The fourth-order valence-electron chi connectivity index (χ4n) is 3.60. The first-order chi connectivity index (χ1) is 11.5. The first-order valence-corrected chi connectivity index (χ1v) is 8.25. The Morgan fingerprint density at radius 3 is 2.17 bits per heavy atom. The first-order valence-electron chi connectivity index (χ1n) is 8.25. The third kappa shape index (κ3) is 3.39. The monoisotopic (exact) mass is 329 g/mol. The van der Waals surface area contributed by atoms with E-state index >= 15 is 0 Å². The molecule has 1 aliphatic heterocycles. The molecule has 3 atom stereocenters. The number of halogens is 2. The van der Waals surface area contributed by atoms with Gasteiger partial charge in [-0.3, -0.25) is 4.79 Å². The highest BCUT2D eigenvalue weighted by Crippen LogP contribution is 2.38. The predicted molar refractivity (Wildman–Crippen MR) is 89.4 cm³/mol. The highest BCUT2D eigenvalue weighted by Gasteiger charge is 2.39. The minimum Gasteiger partial charge on any atom is -0.302 e. The predicted octanol–water partition coefficient (Wildman–Crippen LogP) is 4.58. The van der Waals surface area contributed by atoms with Gasteiger partial charge in [0.1, 0.15) is 17.4 Å². The lowest BCUT2D eigenvalue weighted by Crippen LogP contribution is -2.44. The summed E-state index contributed by atoms with van der Waals surface area (Å²) in [6.07, 6.45) is 0.318. The summed E-state index contributed by atoms with van der Waals surface area (Å²) in [6, 6.07) is 12.1. The quantitative estimate of drug-likeness (QED) is 0.893. The second-order valence-corrected chi connectivity index (χ2v) is 6.75. The molecule has 1 aliphatic rings. The molecule has 1 heterocycles. The van der Waals surface area contributed by atoms with Crippen LogP contribution in [0.3, 0.4) is 0 Å². The lowest BCUT2D eigenvalue weighted by Gasteiger charge is -2.39. The summed E-state index contributed by atoms with van der Waals surface area (Å²) in [7, 11) is 0. The Labute approximate surface area is 140 Å². The van der Waals surface area contributed by atoms with Gasteiger partial charge in [-0.1, -0.05) is 38.1 Å². The van der Waals surface area contributed by atoms with Gasteiger partial charge in [0.2, 0.25) is 0 Å². The molecule has 24 heavy (non-hydrogen) atoms. The van der Waals surface area contributed by atoms with E-state index in [1.807, 2.05) is 26.0 Å². The van der Waals surface area contributed by atoms with Crippen molar-refractivity contribution < 1.29 is 13.6 Å². The van der Waals surface area contributed by atoms with Gasteiger partial charge in [0.05, 0.1) is 0 Å². The van der Waals surface area contributed by atoms with E-state index in [0.717, 1.165) is 11.1 Å². The van der Waals surface area contributed by atoms with Gasteiger partial charge in [-0.25, -0.2) is 8.78 Å². The third-order valence-corrected chi connectivity index (χ3v) is 4.69. The zero-order valence-electron chi connectivity index (χ0n) is 13.8. The molecule has 3 rings (SSSR count). The Morgan fingerprint density at radius 1 is 1.00 bits per heavy atom. The molecular weight excluding hydrogens is 308 g/mol. The molecule has 0 unspecified atom stereocenters. The summed E-state index contributed by atoms with van der Waals surface area (Å²) in [4.78, 5) is 12.7. The van der Waals surface area contributed by atoms with Gasteiger partial charge in [0.25, 0.3) is 0 Å². The number of piperidine rings is 1. The van der Waals surface area contributed by atoms with Crippen molar-refractivity contribution in [2.75, 3.05) is 0 Å². The van der Waals surface area contributed by atoms with E-state index in [1.54, 1.807) is 12.1 Å². The molecule has 0 aliphatic carbocycles. The Kier molecular flexibility index (Phi) is 4.76. The number of benzene rings is 2. The van der Waals surface area contributed by atoms with Gasteiger partial charge < -0.3 is 5.32 Å². The molecule has 4 heteroatoms. The van der Waals surface area contributed by atoms with Crippen LogP contribution >= 0.6 is 0 Å². The van der Waals surface area contributed by atoms with Crippen molar-refractivity contribution in [2.45, 2.75) is 32.4 Å². The average molecular weight is 329 g/mol. The number of Topliss-reactive ketones (excluding diaryl/α,β-unsaturated/α-hetero) is 1. The van der Waals surface area contributed by atoms with Gasteiger partial charge in [0, 0.05) is 24.4 Å². The largest absolute Gasteiger partial charge is 0.302 e. The van der Waals surface area contributed by atoms with Crippen LogP contribution in [0.15, 0.2) is 48.5 Å². The van der Waals surface area contributed by atoms with Gasteiger partial charge in [-0.05, 0) is 41.3 Å². The highest BCUT2D eigenvalue weighted by atomic mass is 19.1. The molecule has 2 nitrogen and oxygen atoms in total. The molecular formula is C20H21F2NO. The molecule has 0 radical (unpaired) electrons. The molecule has 0 saturated carbocycles. The standard InChI is InChI=1S/C20H21F2NO/c1-12(2)19-18(24)11-17(13-5-3-7-15(21)9-13)23-20(19)14-6-4-8-16(22)10-14/h3-10,12,17,19-20,23H,11H2,1-2H3/t17-,19+,20-/m0/s1. The zero-order valence-corrected chi connectivity index (χ0v) is 13.8. The Balaban J connectivity index is 1.97. The van der Waals surface area contributed by atoms with Gasteiger partial charge in [0.15, 0.2) is 0 Å². The molecule has 0 amide bonds. The summed E-state index contributed by atoms with van der Waals surface area (Å²) in [6.45, 7) is 4.00. The zero-order chi connectivity index (χ0) is 17.3. The van der Waals surface area contributed by atoms with Crippen molar-refractivity contribution in [2.24, 2.45) is 11.8 Å². The van der Waals surface area contributed by atoms with E-state index in [4.69, 9.17) is 0 Å². The number of carbonyl (C=O) groups excluding carboxylic acids is 1. The Bertz CT molecular complexity index is 744. The van der Waals surface area contributed by atoms with Crippen molar-refractivity contribution >= 4 is 5.78 Å². The number of hydrogen-bond acceptors (Lipinski definition) is 2. The van der Waals surface area contributed by atoms with Crippen LogP contribution in [0.25, 0.3) is 0 Å². The van der Waals surface area contributed by atoms with Crippen LogP contribution in [0.4, 0.5) is 8.78 Å². The normalized spacial score (nSPS) is 24.4. The minimum absolute atomic E-state index is 0.131. The van der Waals surface area contributed by atoms with E-state index in [2.05, 4.69) is 5.32 Å². The van der Waals surface area contributed by atoms with E-state index in [-0.39, 0.29) is 41.3 Å². The Hall–Kier alpha value is -2.07. The number of nitrogens with one attached hydrogen (secondary N) is 1. The van der Waals surface area contributed by atoms with E-state index < -0.39 is 0 Å². The fraction of sp³-hybridized carbons (Fsp3) is 0.350. The molecule has 126 valence electrons. The van der Waals surface area contributed by atoms with Crippen LogP contribution in [0.5, 0.6) is 0 Å². The number of ketones is 1. The maximum atomic E-state index is 13.7. The highest BCUT2D eigenvalue weighted by molar-refractivity contribution is 5.84. The summed E-state index contributed by atoms with van der Waals surface area (Å²) in [5.41, 5.74) is 1.50. The second-order valence-electron chi connectivity index (χ2n) is 6.75. The SMILES string of the molecule is CC(C)[C@@H]1C(=O)C[C@@H](c2cccc(F)c2)N[C@H]1c1cccc(F)c1. The molecule has 1 saturated heterocycles. The Morgan fingerprint density at radius 2 is 1.58 bits per heavy atom. The second kappa shape index (κ2) is 6.81. The number of hydrogen-bond donors (Lipinski definition) is 1.